The summed E-state index contributed by atoms with van der Waals surface area (Å²) >= 11 is 5.52. The van der Waals surface area contributed by atoms with Crippen LogP contribution >= 0.6 is 11.6 Å². The first-order chi connectivity index (χ1) is 13.8. The highest BCUT2D eigenvalue weighted by Gasteiger charge is 2.37. The van der Waals surface area contributed by atoms with Crippen LogP contribution in [-0.4, -0.2) is 51.6 Å². The molecule has 30 heavy (non-hydrogen) atoms. The maximum Gasteiger partial charge on any atom is 0.417 e. The van der Waals surface area contributed by atoms with Crippen LogP contribution in [0.1, 0.15) is 5.56 Å². The van der Waals surface area contributed by atoms with Gasteiger partial charge in [-0.2, -0.15) is 21.8 Å². The van der Waals surface area contributed by atoms with Crippen LogP contribution in [0.2, 0.25) is 5.02 Å². The van der Waals surface area contributed by atoms with Crippen LogP contribution in [0, 0.1) is 5.82 Å². The average Bonchev–Trinajstić information content (AvgIpc) is 2.67. The zero-order valence-electron chi connectivity index (χ0n) is 15.1. The quantitative estimate of drug-likeness (QED) is 0.622. The van der Waals surface area contributed by atoms with E-state index in [9.17, 15) is 34.4 Å². The number of sulfonamides is 2. The monoisotopic (exact) mass is 486 g/mol. The normalized spacial score (nSPS) is 17.2. The Morgan fingerprint density at radius 2 is 1.37 bits per heavy atom. The minimum absolute atomic E-state index is 0.282. The summed E-state index contributed by atoms with van der Waals surface area (Å²) in [5, 5.41) is -0.637. The molecule has 0 N–H and O–H groups in total. The maximum absolute atomic E-state index is 13.9. The van der Waals surface area contributed by atoms with Crippen molar-refractivity contribution in [3.63, 3.8) is 0 Å². The fourth-order valence-electron chi connectivity index (χ4n) is 2.97. The van der Waals surface area contributed by atoms with Gasteiger partial charge in [-0.05, 0) is 30.3 Å². The number of rotatable bonds is 4. The van der Waals surface area contributed by atoms with E-state index in [0.717, 1.165) is 32.9 Å². The van der Waals surface area contributed by atoms with E-state index in [4.69, 9.17) is 11.6 Å². The van der Waals surface area contributed by atoms with Crippen molar-refractivity contribution < 1.29 is 34.4 Å². The highest BCUT2D eigenvalue weighted by molar-refractivity contribution is 7.89. The lowest BCUT2D eigenvalue weighted by Gasteiger charge is -2.33. The van der Waals surface area contributed by atoms with Crippen LogP contribution in [0.25, 0.3) is 0 Å². The van der Waals surface area contributed by atoms with Crippen molar-refractivity contribution in [2.75, 3.05) is 26.2 Å². The summed E-state index contributed by atoms with van der Waals surface area (Å²) in [6.45, 7) is -1.18. The number of nitrogens with zero attached hydrogens (tertiary/aromatic N) is 2. The van der Waals surface area contributed by atoms with E-state index in [1.54, 1.807) is 0 Å². The summed E-state index contributed by atoms with van der Waals surface area (Å²) in [5.41, 5.74) is -1.29. The van der Waals surface area contributed by atoms with Crippen LogP contribution < -0.4 is 0 Å². The average molecular weight is 487 g/mol. The zero-order chi connectivity index (χ0) is 22.3. The molecule has 0 bridgehead atoms. The molecule has 1 saturated heterocycles. The number of alkyl halides is 3. The van der Waals surface area contributed by atoms with Crippen molar-refractivity contribution >= 4 is 31.6 Å². The van der Waals surface area contributed by atoms with Gasteiger partial charge in [-0.25, -0.2) is 21.2 Å². The summed E-state index contributed by atoms with van der Waals surface area (Å²) in [4.78, 5) is -1.14. The fourth-order valence-corrected chi connectivity index (χ4v) is 6.14. The van der Waals surface area contributed by atoms with Gasteiger partial charge in [0, 0.05) is 26.2 Å². The van der Waals surface area contributed by atoms with E-state index in [1.807, 2.05) is 0 Å². The molecule has 1 aliphatic rings. The molecule has 2 aromatic carbocycles. The SMILES string of the molecule is O=S(=O)(c1ccc(Cl)c(C(F)(F)F)c1)N1CCN(S(=O)(=O)c2ccccc2F)CC1. The van der Waals surface area contributed by atoms with E-state index < -0.39 is 52.4 Å². The minimum Gasteiger partial charge on any atom is -0.207 e. The molecule has 0 radical (unpaired) electrons. The van der Waals surface area contributed by atoms with Crippen molar-refractivity contribution in [3.05, 3.63) is 58.9 Å². The van der Waals surface area contributed by atoms with Gasteiger partial charge in [0.1, 0.15) is 10.7 Å². The van der Waals surface area contributed by atoms with Crippen LogP contribution in [0.15, 0.2) is 52.3 Å². The second kappa shape index (κ2) is 8.08. The van der Waals surface area contributed by atoms with Crippen LogP contribution in [0.3, 0.4) is 0 Å². The first kappa shape index (κ1) is 22.9. The van der Waals surface area contributed by atoms with Crippen molar-refractivity contribution in [2.24, 2.45) is 0 Å². The molecule has 3 rings (SSSR count). The summed E-state index contributed by atoms with van der Waals surface area (Å²) in [5.74, 6) is -0.937. The number of halogens is 5. The molecular formula is C17H15ClF4N2O4S2. The third-order valence-electron chi connectivity index (χ3n) is 4.53. The van der Waals surface area contributed by atoms with Gasteiger partial charge in [0.2, 0.25) is 20.0 Å². The minimum atomic E-state index is -4.84. The predicted molar refractivity (Wildman–Crippen MR) is 100 cm³/mol. The van der Waals surface area contributed by atoms with E-state index in [-0.39, 0.29) is 26.2 Å². The number of hydrogen-bond donors (Lipinski definition) is 0. The summed E-state index contributed by atoms with van der Waals surface area (Å²) in [7, 11) is -8.51. The molecule has 0 unspecified atom stereocenters. The summed E-state index contributed by atoms with van der Waals surface area (Å²) in [6.07, 6.45) is -4.84. The van der Waals surface area contributed by atoms with Crippen LogP contribution in [0.4, 0.5) is 17.6 Å². The predicted octanol–water partition coefficient (Wildman–Crippen LogP) is 3.19. The lowest BCUT2D eigenvalue weighted by molar-refractivity contribution is -0.137. The zero-order valence-corrected chi connectivity index (χ0v) is 17.5. The topological polar surface area (TPSA) is 74.8 Å². The third-order valence-corrected chi connectivity index (χ3v) is 8.69. The Bertz CT molecular complexity index is 1160. The van der Waals surface area contributed by atoms with Crippen molar-refractivity contribution in [1.82, 2.24) is 8.61 Å². The van der Waals surface area contributed by atoms with Crippen LogP contribution in [0.5, 0.6) is 0 Å². The van der Waals surface area contributed by atoms with Crippen molar-refractivity contribution in [2.45, 2.75) is 16.0 Å². The number of benzene rings is 2. The lowest BCUT2D eigenvalue weighted by atomic mass is 10.2. The number of piperazine rings is 1. The molecular weight excluding hydrogens is 472 g/mol. The molecule has 164 valence electrons. The van der Waals surface area contributed by atoms with Gasteiger partial charge in [-0.15, -0.1) is 0 Å². The Morgan fingerprint density at radius 3 is 1.90 bits per heavy atom. The van der Waals surface area contributed by atoms with Gasteiger partial charge in [-0.3, -0.25) is 0 Å². The highest BCUT2D eigenvalue weighted by Crippen LogP contribution is 2.36. The molecule has 13 heteroatoms. The molecule has 0 aliphatic carbocycles. The van der Waals surface area contributed by atoms with E-state index in [2.05, 4.69) is 0 Å². The van der Waals surface area contributed by atoms with Gasteiger partial charge in [0.05, 0.1) is 15.5 Å². The van der Waals surface area contributed by atoms with E-state index in [1.165, 1.54) is 12.1 Å². The fraction of sp³-hybridized carbons (Fsp3) is 0.294. The molecule has 0 aromatic heterocycles. The van der Waals surface area contributed by atoms with Crippen molar-refractivity contribution in [3.8, 4) is 0 Å². The molecule has 0 spiro atoms. The highest BCUT2D eigenvalue weighted by atomic mass is 35.5. The van der Waals surface area contributed by atoms with Crippen LogP contribution in [-0.2, 0) is 26.2 Å². The molecule has 1 fully saturated rings. The first-order valence-electron chi connectivity index (χ1n) is 8.47. The van der Waals surface area contributed by atoms with Gasteiger partial charge in [0.25, 0.3) is 0 Å². The second-order valence-electron chi connectivity index (χ2n) is 6.38. The standard InChI is InChI=1S/C17H15ClF4N2O4S2/c18-14-6-5-12(11-13(14)17(20,21)22)29(25,26)23-7-9-24(10-8-23)30(27,28)16-4-2-1-3-15(16)19/h1-6,11H,7-10H2. The summed E-state index contributed by atoms with van der Waals surface area (Å²) in [6, 6.07) is 7.02. The first-order valence-corrected chi connectivity index (χ1v) is 11.7. The van der Waals surface area contributed by atoms with Crippen molar-refractivity contribution in [1.29, 1.82) is 0 Å². The Kier molecular flexibility index (Phi) is 6.18. The van der Waals surface area contributed by atoms with Gasteiger partial charge < -0.3 is 0 Å². The molecule has 6 nitrogen and oxygen atoms in total. The molecule has 1 aliphatic heterocycles. The van der Waals surface area contributed by atoms with E-state index in [0.29, 0.717) is 6.07 Å². The van der Waals surface area contributed by atoms with Gasteiger partial charge >= 0.3 is 6.18 Å². The third kappa shape index (κ3) is 4.33. The molecule has 1 heterocycles. The smallest absolute Gasteiger partial charge is 0.207 e. The number of hydrogen-bond acceptors (Lipinski definition) is 4. The largest absolute Gasteiger partial charge is 0.417 e. The Morgan fingerprint density at radius 1 is 0.833 bits per heavy atom. The van der Waals surface area contributed by atoms with Gasteiger partial charge in [-0.1, -0.05) is 23.7 Å². The summed E-state index contributed by atoms with van der Waals surface area (Å²) < 4.78 is 106. The molecule has 0 amide bonds. The Hall–Kier alpha value is -1.73. The Labute approximate surface area is 175 Å². The molecule has 0 atom stereocenters. The molecule has 2 aromatic rings. The van der Waals surface area contributed by atoms with E-state index >= 15 is 0 Å². The lowest BCUT2D eigenvalue weighted by Crippen LogP contribution is -2.50. The second-order valence-corrected chi connectivity index (χ2v) is 10.6. The maximum atomic E-state index is 13.9. The van der Waals surface area contributed by atoms with Gasteiger partial charge in [0.15, 0.2) is 0 Å². The Balaban J connectivity index is 1.82. The molecule has 0 saturated carbocycles.